The minimum atomic E-state index is -0.454. The van der Waals surface area contributed by atoms with Gasteiger partial charge in [0.1, 0.15) is 5.76 Å². The highest BCUT2D eigenvalue weighted by molar-refractivity contribution is 8.00. The molecule has 2 heterocycles. The lowest BCUT2D eigenvalue weighted by Crippen LogP contribution is -2.27. The number of amides is 1. The summed E-state index contributed by atoms with van der Waals surface area (Å²) in [4.78, 5) is 12.6. The van der Waals surface area contributed by atoms with Gasteiger partial charge < -0.3 is 9.73 Å². The largest absolute Gasteiger partial charge is 0.463 e. The summed E-state index contributed by atoms with van der Waals surface area (Å²) in [6, 6.07) is 27.8. The number of anilines is 1. The van der Waals surface area contributed by atoms with Gasteiger partial charge in [0.25, 0.3) is 5.91 Å². The van der Waals surface area contributed by atoms with Crippen molar-refractivity contribution in [2.75, 3.05) is 5.32 Å². The van der Waals surface area contributed by atoms with E-state index in [1.54, 1.807) is 25.3 Å². The maximum absolute atomic E-state index is 12.6. The number of para-hydroxylation sites is 1. The summed E-state index contributed by atoms with van der Waals surface area (Å²) in [6.07, 6.45) is 3.00. The van der Waals surface area contributed by atoms with Gasteiger partial charge in [0.2, 0.25) is 0 Å². The molecule has 8 nitrogen and oxygen atoms in total. The van der Waals surface area contributed by atoms with Crippen LogP contribution in [0.25, 0.3) is 16.5 Å². The Kier molecular flexibility index (Phi) is 7.09. The van der Waals surface area contributed by atoms with Crippen molar-refractivity contribution in [3.8, 4) is 5.69 Å². The second-order valence-electron chi connectivity index (χ2n) is 7.96. The molecule has 1 atom stereocenters. The molecule has 0 aliphatic rings. The van der Waals surface area contributed by atoms with Crippen LogP contribution in [0.2, 0.25) is 0 Å². The Balaban J connectivity index is 1.35. The standard InChI is InChI=1S/C27H24N6O2S/c1-19(26(34)31-29-17-22-13-8-16-35-22)36-27-32-30-25(33(27)21-11-3-2-4-12-21)18-28-24-15-7-10-20-9-5-6-14-23(20)24/h2-17,19,28H,18H2,1H3,(H,31,34)/b29-17-/t19-/m1/s1. The number of fused-ring (bicyclic) bond motifs is 1. The first-order valence-electron chi connectivity index (χ1n) is 11.4. The summed E-state index contributed by atoms with van der Waals surface area (Å²) in [5.41, 5.74) is 4.49. The SMILES string of the molecule is C[C@@H](Sc1nnc(CNc2cccc3ccccc23)n1-c1ccccc1)C(=O)N/N=C\c1ccco1. The highest BCUT2D eigenvalue weighted by atomic mass is 32.2. The van der Waals surface area contributed by atoms with Crippen LogP contribution >= 0.6 is 11.8 Å². The number of hydrogen-bond acceptors (Lipinski definition) is 7. The third kappa shape index (κ3) is 5.31. The van der Waals surface area contributed by atoms with Crippen LogP contribution in [-0.2, 0) is 11.3 Å². The fourth-order valence-electron chi connectivity index (χ4n) is 3.71. The molecule has 0 unspecified atom stereocenters. The van der Waals surface area contributed by atoms with Gasteiger partial charge in [0.15, 0.2) is 11.0 Å². The van der Waals surface area contributed by atoms with Crippen molar-refractivity contribution in [2.45, 2.75) is 23.9 Å². The molecule has 0 saturated carbocycles. The van der Waals surface area contributed by atoms with Crippen molar-refractivity contribution in [2.24, 2.45) is 5.10 Å². The fraction of sp³-hybridized carbons (Fsp3) is 0.111. The highest BCUT2D eigenvalue weighted by Gasteiger charge is 2.21. The number of carbonyl (C=O) groups is 1. The van der Waals surface area contributed by atoms with Crippen LogP contribution in [0, 0.1) is 0 Å². The number of nitrogens with one attached hydrogen (secondary N) is 2. The van der Waals surface area contributed by atoms with E-state index < -0.39 is 5.25 Å². The Morgan fingerprint density at radius 1 is 1.03 bits per heavy atom. The van der Waals surface area contributed by atoms with Gasteiger partial charge in [-0.25, -0.2) is 5.43 Å². The van der Waals surface area contributed by atoms with E-state index in [9.17, 15) is 4.79 Å². The van der Waals surface area contributed by atoms with Crippen LogP contribution in [0.15, 0.2) is 106 Å². The van der Waals surface area contributed by atoms with Crippen LogP contribution in [0.3, 0.4) is 0 Å². The molecule has 0 spiro atoms. The monoisotopic (exact) mass is 496 g/mol. The lowest BCUT2D eigenvalue weighted by atomic mass is 10.1. The molecule has 0 aliphatic heterocycles. The third-order valence-electron chi connectivity index (χ3n) is 5.50. The Morgan fingerprint density at radius 3 is 2.67 bits per heavy atom. The van der Waals surface area contributed by atoms with E-state index in [0.29, 0.717) is 17.5 Å². The molecule has 2 aromatic heterocycles. The predicted molar refractivity (Wildman–Crippen MR) is 142 cm³/mol. The predicted octanol–water partition coefficient (Wildman–Crippen LogP) is 5.26. The van der Waals surface area contributed by atoms with E-state index in [-0.39, 0.29) is 5.91 Å². The van der Waals surface area contributed by atoms with Crippen LogP contribution < -0.4 is 10.7 Å². The van der Waals surface area contributed by atoms with E-state index in [1.807, 2.05) is 53.1 Å². The Bertz CT molecular complexity index is 1480. The summed E-state index contributed by atoms with van der Waals surface area (Å²) >= 11 is 1.32. The van der Waals surface area contributed by atoms with Crippen LogP contribution in [0.5, 0.6) is 0 Å². The van der Waals surface area contributed by atoms with Gasteiger partial charge in [-0.3, -0.25) is 9.36 Å². The molecule has 0 radical (unpaired) electrons. The van der Waals surface area contributed by atoms with E-state index in [1.165, 1.54) is 18.0 Å². The van der Waals surface area contributed by atoms with Crippen LogP contribution in [0.1, 0.15) is 18.5 Å². The van der Waals surface area contributed by atoms with Gasteiger partial charge in [0, 0.05) is 16.8 Å². The molecule has 1 amide bonds. The van der Waals surface area contributed by atoms with Crippen molar-refractivity contribution in [1.82, 2.24) is 20.2 Å². The van der Waals surface area contributed by atoms with E-state index in [4.69, 9.17) is 4.42 Å². The van der Waals surface area contributed by atoms with Crippen molar-refractivity contribution in [3.05, 3.63) is 103 Å². The van der Waals surface area contributed by atoms with Gasteiger partial charge >= 0.3 is 0 Å². The number of carbonyl (C=O) groups excluding carboxylic acids is 1. The number of furan rings is 1. The van der Waals surface area contributed by atoms with Gasteiger partial charge in [-0.05, 0) is 42.6 Å². The van der Waals surface area contributed by atoms with Crippen LogP contribution in [0.4, 0.5) is 5.69 Å². The first-order valence-corrected chi connectivity index (χ1v) is 12.3. The van der Waals surface area contributed by atoms with E-state index in [2.05, 4.69) is 50.3 Å². The number of hydrogen-bond donors (Lipinski definition) is 2. The first-order chi connectivity index (χ1) is 17.7. The quantitative estimate of drug-likeness (QED) is 0.164. The number of hydrazone groups is 1. The summed E-state index contributed by atoms with van der Waals surface area (Å²) in [5.74, 6) is 1.05. The van der Waals surface area contributed by atoms with Crippen molar-refractivity contribution >= 4 is 40.3 Å². The first kappa shape index (κ1) is 23.4. The molecule has 9 heteroatoms. The maximum atomic E-state index is 12.6. The molecule has 0 aliphatic carbocycles. The Labute approximate surface area is 212 Å². The van der Waals surface area contributed by atoms with Gasteiger partial charge in [-0.1, -0.05) is 66.4 Å². The van der Waals surface area contributed by atoms with Crippen molar-refractivity contribution in [1.29, 1.82) is 0 Å². The molecule has 180 valence electrons. The molecular weight excluding hydrogens is 472 g/mol. The number of thioether (sulfide) groups is 1. The Morgan fingerprint density at radius 2 is 1.83 bits per heavy atom. The molecule has 2 N–H and O–H groups in total. The number of aromatic nitrogens is 3. The average Bonchev–Trinajstić information content (AvgIpc) is 3.58. The topological polar surface area (TPSA) is 97.3 Å². The molecular formula is C27H24N6O2S. The van der Waals surface area contributed by atoms with Gasteiger partial charge in [-0.15, -0.1) is 10.2 Å². The molecule has 36 heavy (non-hydrogen) atoms. The lowest BCUT2D eigenvalue weighted by Gasteiger charge is -2.14. The zero-order chi connectivity index (χ0) is 24.7. The highest BCUT2D eigenvalue weighted by Crippen LogP contribution is 2.27. The van der Waals surface area contributed by atoms with E-state index >= 15 is 0 Å². The van der Waals surface area contributed by atoms with E-state index in [0.717, 1.165) is 28.0 Å². The molecule has 0 bridgehead atoms. The molecule has 5 rings (SSSR count). The van der Waals surface area contributed by atoms with Crippen LogP contribution in [-0.4, -0.2) is 32.1 Å². The number of rotatable bonds is 9. The zero-order valence-corrected chi connectivity index (χ0v) is 20.4. The minimum Gasteiger partial charge on any atom is -0.463 e. The smallest absolute Gasteiger partial charge is 0.253 e. The summed E-state index contributed by atoms with van der Waals surface area (Å²) in [5, 5.41) is 18.8. The van der Waals surface area contributed by atoms with Gasteiger partial charge in [0.05, 0.1) is 24.3 Å². The number of benzene rings is 3. The van der Waals surface area contributed by atoms with Crippen molar-refractivity contribution in [3.63, 3.8) is 0 Å². The second kappa shape index (κ2) is 10.9. The maximum Gasteiger partial charge on any atom is 0.253 e. The molecule has 5 aromatic rings. The molecule has 0 saturated heterocycles. The fourth-order valence-corrected chi connectivity index (χ4v) is 4.59. The van der Waals surface area contributed by atoms with Gasteiger partial charge in [-0.2, -0.15) is 5.10 Å². The third-order valence-corrected chi connectivity index (χ3v) is 6.55. The normalized spacial score (nSPS) is 12.1. The number of nitrogens with zero attached hydrogens (tertiary/aromatic N) is 4. The lowest BCUT2D eigenvalue weighted by molar-refractivity contribution is -0.120. The summed E-state index contributed by atoms with van der Waals surface area (Å²) in [7, 11) is 0. The molecule has 0 fully saturated rings. The second-order valence-corrected chi connectivity index (χ2v) is 9.27. The molecule has 3 aromatic carbocycles. The summed E-state index contributed by atoms with van der Waals surface area (Å²) < 4.78 is 7.16. The average molecular weight is 497 g/mol. The Hall–Kier alpha value is -4.37. The zero-order valence-electron chi connectivity index (χ0n) is 19.5. The van der Waals surface area contributed by atoms with Crippen molar-refractivity contribution < 1.29 is 9.21 Å². The minimum absolute atomic E-state index is 0.249. The summed E-state index contributed by atoms with van der Waals surface area (Å²) in [6.45, 7) is 2.27.